The van der Waals surface area contributed by atoms with Crippen molar-refractivity contribution in [2.75, 3.05) is 30.6 Å². The molecule has 0 bridgehead atoms. The largest absolute Gasteiger partial charge is 0.493 e. The van der Waals surface area contributed by atoms with Crippen molar-refractivity contribution in [1.82, 2.24) is 0 Å². The van der Waals surface area contributed by atoms with E-state index in [1.807, 2.05) is 30.3 Å². The highest BCUT2D eigenvalue weighted by Crippen LogP contribution is 2.30. The lowest BCUT2D eigenvalue weighted by atomic mass is 10.1. The molecule has 0 saturated heterocycles. The second-order valence-electron chi connectivity index (χ2n) is 6.76. The monoisotopic (exact) mass is 409 g/mol. The Labute approximate surface area is 174 Å². The first-order chi connectivity index (χ1) is 14.4. The van der Waals surface area contributed by atoms with Crippen molar-refractivity contribution in [3.63, 3.8) is 0 Å². The maximum absolute atomic E-state index is 13.5. The number of hydrogen-bond acceptors (Lipinski definition) is 5. The van der Waals surface area contributed by atoms with E-state index in [1.165, 1.54) is 12.1 Å². The summed E-state index contributed by atoms with van der Waals surface area (Å²) in [7, 11) is 3.18. The molecule has 0 aliphatic heterocycles. The van der Waals surface area contributed by atoms with Crippen molar-refractivity contribution >= 4 is 23.0 Å². The van der Waals surface area contributed by atoms with Crippen molar-refractivity contribution in [2.45, 2.75) is 13.5 Å². The second kappa shape index (κ2) is 9.17. The van der Waals surface area contributed by atoms with Gasteiger partial charge in [-0.1, -0.05) is 12.1 Å². The predicted octanol–water partition coefficient (Wildman–Crippen LogP) is 4.60. The molecule has 3 aromatic rings. The number of nitrogen functional groups attached to an aromatic ring is 1. The van der Waals surface area contributed by atoms with E-state index in [9.17, 15) is 9.18 Å². The number of methoxy groups -OCH3 is 2. The normalized spacial score (nSPS) is 10.4. The first-order valence-corrected chi connectivity index (χ1v) is 9.33. The Morgan fingerprint density at radius 2 is 1.70 bits per heavy atom. The lowest BCUT2D eigenvalue weighted by Gasteiger charge is -2.12. The first kappa shape index (κ1) is 21.0. The minimum Gasteiger partial charge on any atom is -0.493 e. The number of benzene rings is 3. The van der Waals surface area contributed by atoms with Gasteiger partial charge in [0.05, 0.1) is 25.6 Å². The highest BCUT2D eigenvalue weighted by Gasteiger charge is 2.11. The van der Waals surface area contributed by atoms with E-state index in [0.29, 0.717) is 34.9 Å². The molecule has 0 aliphatic rings. The number of rotatable bonds is 7. The number of aryl methyl sites for hydroxylation is 1. The smallest absolute Gasteiger partial charge is 0.255 e. The van der Waals surface area contributed by atoms with Crippen LogP contribution in [0.15, 0.2) is 54.6 Å². The van der Waals surface area contributed by atoms with Gasteiger partial charge in [-0.05, 0) is 54.4 Å². The van der Waals surface area contributed by atoms with Crippen molar-refractivity contribution in [3.8, 4) is 11.5 Å². The van der Waals surface area contributed by atoms with Crippen molar-refractivity contribution in [1.29, 1.82) is 0 Å². The Morgan fingerprint density at radius 3 is 2.37 bits per heavy atom. The van der Waals surface area contributed by atoms with Gasteiger partial charge >= 0.3 is 0 Å². The van der Waals surface area contributed by atoms with Gasteiger partial charge in [-0.25, -0.2) is 4.39 Å². The van der Waals surface area contributed by atoms with Gasteiger partial charge in [0, 0.05) is 23.9 Å². The second-order valence-corrected chi connectivity index (χ2v) is 6.76. The fraction of sp³-hybridized carbons (Fsp3) is 0.174. The first-order valence-electron chi connectivity index (χ1n) is 9.33. The molecule has 0 spiro atoms. The summed E-state index contributed by atoms with van der Waals surface area (Å²) in [4.78, 5) is 12.5. The van der Waals surface area contributed by atoms with Crippen LogP contribution in [0.4, 0.5) is 21.5 Å². The highest BCUT2D eigenvalue weighted by atomic mass is 19.1. The minimum absolute atomic E-state index is 0.183. The van der Waals surface area contributed by atoms with E-state index in [0.717, 1.165) is 11.3 Å². The third kappa shape index (κ3) is 4.81. The number of halogens is 1. The molecule has 3 aromatic carbocycles. The lowest BCUT2D eigenvalue weighted by Crippen LogP contribution is -2.13. The summed E-state index contributed by atoms with van der Waals surface area (Å²) in [5.74, 6) is 0.587. The lowest BCUT2D eigenvalue weighted by molar-refractivity contribution is 0.102. The Balaban J connectivity index is 1.63. The molecule has 30 heavy (non-hydrogen) atoms. The molecule has 0 aromatic heterocycles. The van der Waals surface area contributed by atoms with E-state index in [2.05, 4.69) is 10.6 Å². The summed E-state index contributed by atoms with van der Waals surface area (Å²) >= 11 is 0. The molecule has 156 valence electrons. The topological polar surface area (TPSA) is 85.6 Å². The highest BCUT2D eigenvalue weighted by molar-refractivity contribution is 6.05. The van der Waals surface area contributed by atoms with Gasteiger partial charge in [0.25, 0.3) is 5.91 Å². The summed E-state index contributed by atoms with van der Waals surface area (Å²) in [5.41, 5.74) is 9.14. The van der Waals surface area contributed by atoms with Gasteiger partial charge in [0.2, 0.25) is 0 Å². The molecule has 0 heterocycles. The number of anilines is 3. The van der Waals surface area contributed by atoms with Crippen LogP contribution >= 0.6 is 0 Å². The number of ether oxygens (including phenoxy) is 2. The van der Waals surface area contributed by atoms with E-state index in [-0.39, 0.29) is 11.6 Å². The van der Waals surface area contributed by atoms with Crippen molar-refractivity contribution < 1.29 is 18.7 Å². The van der Waals surface area contributed by atoms with Gasteiger partial charge in [-0.3, -0.25) is 4.79 Å². The van der Waals surface area contributed by atoms with E-state index < -0.39 is 5.82 Å². The average Bonchev–Trinajstić information content (AvgIpc) is 2.76. The Bertz CT molecular complexity index is 1050. The van der Waals surface area contributed by atoms with E-state index in [4.69, 9.17) is 15.2 Å². The molecule has 7 heteroatoms. The molecule has 0 radical (unpaired) electrons. The number of nitrogens with two attached hydrogens (primary N) is 1. The maximum Gasteiger partial charge on any atom is 0.255 e. The van der Waals surface area contributed by atoms with Crippen LogP contribution in [0.1, 0.15) is 21.5 Å². The molecule has 3 rings (SSSR count). The summed E-state index contributed by atoms with van der Waals surface area (Å²) in [6, 6.07) is 15.5. The summed E-state index contributed by atoms with van der Waals surface area (Å²) in [6.07, 6.45) is 0. The number of hydrogen-bond donors (Lipinski definition) is 3. The van der Waals surface area contributed by atoms with Gasteiger partial charge < -0.3 is 25.8 Å². The molecule has 0 fully saturated rings. The SMILES string of the molecule is COc1ccc(NCc2ccc(C(=O)Nc3cc(C)c(F)cc3N)cc2)cc1OC. The molecule has 4 N–H and O–H groups in total. The van der Waals surface area contributed by atoms with Crippen LogP contribution in [0, 0.1) is 12.7 Å². The number of nitrogens with one attached hydrogen (secondary N) is 2. The number of carbonyl (C=O) groups excluding carboxylic acids is 1. The Kier molecular flexibility index (Phi) is 6.41. The molecular formula is C23H24FN3O3. The van der Waals surface area contributed by atoms with Gasteiger partial charge in [0.1, 0.15) is 5.82 Å². The van der Waals surface area contributed by atoms with Crippen molar-refractivity contribution in [2.24, 2.45) is 0 Å². The zero-order chi connectivity index (χ0) is 21.7. The van der Waals surface area contributed by atoms with Crippen molar-refractivity contribution in [3.05, 3.63) is 77.1 Å². The van der Waals surface area contributed by atoms with Crippen LogP contribution in [0.5, 0.6) is 11.5 Å². The van der Waals surface area contributed by atoms with Crippen LogP contribution in [0.3, 0.4) is 0 Å². The molecule has 0 atom stereocenters. The predicted molar refractivity (Wildman–Crippen MR) is 117 cm³/mol. The Morgan fingerprint density at radius 1 is 1.00 bits per heavy atom. The third-order valence-electron chi connectivity index (χ3n) is 4.68. The van der Waals surface area contributed by atoms with Crippen LogP contribution < -0.4 is 25.8 Å². The minimum atomic E-state index is -0.406. The van der Waals surface area contributed by atoms with Gasteiger partial charge in [-0.15, -0.1) is 0 Å². The Hall–Kier alpha value is -3.74. The van der Waals surface area contributed by atoms with Crippen LogP contribution in [-0.4, -0.2) is 20.1 Å². The third-order valence-corrected chi connectivity index (χ3v) is 4.68. The molecule has 0 saturated carbocycles. The molecule has 0 unspecified atom stereocenters. The number of amides is 1. The fourth-order valence-electron chi connectivity index (χ4n) is 2.92. The van der Waals surface area contributed by atoms with Crippen LogP contribution in [0.2, 0.25) is 0 Å². The van der Waals surface area contributed by atoms with Crippen LogP contribution in [0.25, 0.3) is 0 Å². The zero-order valence-corrected chi connectivity index (χ0v) is 17.1. The molecule has 1 amide bonds. The number of carbonyl (C=O) groups is 1. The van der Waals surface area contributed by atoms with Crippen LogP contribution in [-0.2, 0) is 6.54 Å². The fourth-order valence-corrected chi connectivity index (χ4v) is 2.92. The molecular weight excluding hydrogens is 385 g/mol. The van der Waals surface area contributed by atoms with E-state index >= 15 is 0 Å². The van der Waals surface area contributed by atoms with E-state index in [1.54, 1.807) is 33.3 Å². The quantitative estimate of drug-likeness (QED) is 0.497. The summed E-state index contributed by atoms with van der Waals surface area (Å²) < 4.78 is 24.1. The summed E-state index contributed by atoms with van der Waals surface area (Å²) in [5, 5.41) is 6.03. The molecule has 0 aliphatic carbocycles. The summed E-state index contributed by atoms with van der Waals surface area (Å²) in [6.45, 7) is 2.19. The van der Waals surface area contributed by atoms with Gasteiger partial charge in [0.15, 0.2) is 11.5 Å². The standard InChI is InChI=1S/C23H24FN3O3/c1-14-10-20(19(25)12-18(14)24)27-23(28)16-6-4-15(5-7-16)13-26-17-8-9-21(29-2)22(11-17)30-3/h4-12,26H,13,25H2,1-3H3,(H,27,28). The molecule has 6 nitrogen and oxygen atoms in total. The average molecular weight is 409 g/mol. The van der Waals surface area contributed by atoms with Gasteiger partial charge in [-0.2, -0.15) is 0 Å². The maximum atomic E-state index is 13.5. The zero-order valence-electron chi connectivity index (χ0n) is 17.1.